The monoisotopic (exact) mass is 269 g/mol. The molecular formula is C13H16FNO4. The van der Waals surface area contributed by atoms with E-state index in [1.54, 1.807) is 0 Å². The quantitative estimate of drug-likeness (QED) is 0.788. The lowest BCUT2D eigenvalue weighted by Crippen LogP contribution is -2.42. The Balaban J connectivity index is 2.44. The van der Waals surface area contributed by atoms with Crippen molar-refractivity contribution >= 4 is 11.9 Å². The highest BCUT2D eigenvalue weighted by Crippen LogP contribution is 2.11. The van der Waals surface area contributed by atoms with Gasteiger partial charge in [0.05, 0.1) is 0 Å². The van der Waals surface area contributed by atoms with Crippen molar-refractivity contribution in [3.8, 4) is 5.75 Å². The van der Waals surface area contributed by atoms with Gasteiger partial charge in [-0.15, -0.1) is 0 Å². The molecule has 6 heteroatoms. The molecule has 1 atom stereocenters. The number of aliphatic carboxylic acids is 1. The summed E-state index contributed by atoms with van der Waals surface area (Å²) in [5.41, 5.74) is 0. The van der Waals surface area contributed by atoms with Crippen molar-refractivity contribution in [2.75, 3.05) is 6.61 Å². The summed E-state index contributed by atoms with van der Waals surface area (Å²) in [4.78, 5) is 22.3. The van der Waals surface area contributed by atoms with Gasteiger partial charge >= 0.3 is 5.97 Å². The molecule has 0 aliphatic heterocycles. The van der Waals surface area contributed by atoms with E-state index >= 15 is 0 Å². The highest BCUT2D eigenvalue weighted by Gasteiger charge is 2.18. The fourth-order valence-electron chi connectivity index (χ4n) is 1.49. The van der Waals surface area contributed by atoms with Crippen molar-refractivity contribution in [3.63, 3.8) is 0 Å². The number of hydrogen-bond donors (Lipinski definition) is 2. The summed E-state index contributed by atoms with van der Waals surface area (Å²) >= 11 is 0. The van der Waals surface area contributed by atoms with Crippen LogP contribution in [0.15, 0.2) is 24.3 Å². The van der Waals surface area contributed by atoms with Crippen molar-refractivity contribution in [2.24, 2.45) is 0 Å². The van der Waals surface area contributed by atoms with Gasteiger partial charge in [-0.05, 0) is 18.6 Å². The topological polar surface area (TPSA) is 75.6 Å². The van der Waals surface area contributed by atoms with E-state index in [0.717, 1.165) is 6.07 Å². The zero-order valence-electron chi connectivity index (χ0n) is 10.6. The van der Waals surface area contributed by atoms with Crippen LogP contribution < -0.4 is 10.1 Å². The van der Waals surface area contributed by atoms with E-state index in [-0.39, 0.29) is 12.4 Å². The van der Waals surface area contributed by atoms with Gasteiger partial charge in [-0.2, -0.15) is 0 Å². The number of ether oxygens (including phenoxy) is 1. The smallest absolute Gasteiger partial charge is 0.326 e. The molecule has 1 aromatic rings. The average Bonchev–Trinajstić information content (AvgIpc) is 2.36. The summed E-state index contributed by atoms with van der Waals surface area (Å²) in [7, 11) is 0. The Morgan fingerprint density at radius 3 is 2.79 bits per heavy atom. The SMILES string of the molecule is CCC[C@@H](NC(=O)COc1cccc(F)c1)C(=O)O. The van der Waals surface area contributed by atoms with E-state index in [9.17, 15) is 14.0 Å². The summed E-state index contributed by atoms with van der Waals surface area (Å²) in [6, 6.07) is 4.45. The lowest BCUT2D eigenvalue weighted by Gasteiger charge is -2.13. The number of carbonyl (C=O) groups excluding carboxylic acids is 1. The molecule has 0 bridgehead atoms. The van der Waals surface area contributed by atoms with E-state index < -0.39 is 23.7 Å². The third-order valence-electron chi connectivity index (χ3n) is 2.38. The first-order chi connectivity index (χ1) is 9.02. The maximum absolute atomic E-state index is 12.8. The number of rotatable bonds is 7. The minimum Gasteiger partial charge on any atom is -0.484 e. The predicted octanol–water partition coefficient (Wildman–Crippen LogP) is 1.57. The largest absolute Gasteiger partial charge is 0.484 e. The van der Waals surface area contributed by atoms with E-state index in [1.165, 1.54) is 18.2 Å². The predicted molar refractivity (Wildman–Crippen MR) is 66.4 cm³/mol. The van der Waals surface area contributed by atoms with Crippen LogP contribution in [0, 0.1) is 5.82 Å². The van der Waals surface area contributed by atoms with Crippen molar-refractivity contribution in [1.82, 2.24) is 5.32 Å². The maximum Gasteiger partial charge on any atom is 0.326 e. The molecule has 0 saturated carbocycles. The summed E-state index contributed by atoms with van der Waals surface area (Å²) in [6.07, 6.45) is 0.989. The van der Waals surface area contributed by atoms with E-state index in [4.69, 9.17) is 9.84 Å². The number of carboxylic acid groups (broad SMARTS) is 1. The highest BCUT2D eigenvalue weighted by molar-refractivity contribution is 5.84. The first-order valence-corrected chi connectivity index (χ1v) is 5.93. The van der Waals surface area contributed by atoms with Gasteiger partial charge in [-0.3, -0.25) is 4.79 Å². The van der Waals surface area contributed by atoms with Crippen LogP contribution in [0.1, 0.15) is 19.8 Å². The van der Waals surface area contributed by atoms with Crippen molar-refractivity contribution in [3.05, 3.63) is 30.1 Å². The first kappa shape index (κ1) is 14.9. The van der Waals surface area contributed by atoms with Gasteiger partial charge in [-0.25, -0.2) is 9.18 Å². The van der Waals surface area contributed by atoms with Crippen molar-refractivity contribution in [2.45, 2.75) is 25.8 Å². The summed E-state index contributed by atoms with van der Waals surface area (Å²) < 4.78 is 17.9. The lowest BCUT2D eigenvalue weighted by atomic mass is 10.2. The second kappa shape index (κ2) is 7.35. The Kier molecular flexibility index (Phi) is 5.78. The fourth-order valence-corrected chi connectivity index (χ4v) is 1.49. The number of halogens is 1. The minimum absolute atomic E-state index is 0.220. The van der Waals surface area contributed by atoms with E-state index in [2.05, 4.69) is 5.32 Å². The van der Waals surface area contributed by atoms with Gasteiger partial charge in [0, 0.05) is 6.07 Å². The molecule has 2 N–H and O–H groups in total. The molecule has 1 amide bonds. The second-order valence-electron chi connectivity index (χ2n) is 3.99. The summed E-state index contributed by atoms with van der Waals surface area (Å²) in [6.45, 7) is 1.47. The number of amides is 1. The molecule has 1 rings (SSSR count). The Bertz CT molecular complexity index is 450. The standard InChI is InChI=1S/C13H16FNO4/c1-2-4-11(13(17)18)15-12(16)8-19-10-6-3-5-9(14)7-10/h3,5-7,11H,2,4,8H2,1H3,(H,15,16)(H,17,18)/t11-/m1/s1. The highest BCUT2D eigenvalue weighted by atomic mass is 19.1. The minimum atomic E-state index is -1.08. The molecule has 0 unspecified atom stereocenters. The summed E-state index contributed by atoms with van der Waals surface area (Å²) in [5.74, 6) is -1.88. The lowest BCUT2D eigenvalue weighted by molar-refractivity contribution is -0.142. The molecule has 0 spiro atoms. The van der Waals surface area contributed by atoms with Crippen LogP contribution in [0.4, 0.5) is 4.39 Å². The van der Waals surface area contributed by atoms with Crippen molar-refractivity contribution in [1.29, 1.82) is 0 Å². The molecule has 104 valence electrons. The molecule has 0 fully saturated rings. The van der Waals surface area contributed by atoms with Crippen LogP contribution in [0.2, 0.25) is 0 Å². The van der Waals surface area contributed by atoms with E-state index in [0.29, 0.717) is 12.8 Å². The molecule has 1 aromatic carbocycles. The Morgan fingerprint density at radius 1 is 1.47 bits per heavy atom. The zero-order chi connectivity index (χ0) is 14.3. The summed E-state index contributed by atoms with van der Waals surface area (Å²) in [5, 5.41) is 11.2. The van der Waals surface area contributed by atoms with Crippen LogP contribution in [-0.2, 0) is 9.59 Å². The third kappa shape index (κ3) is 5.37. The molecule has 19 heavy (non-hydrogen) atoms. The number of carbonyl (C=O) groups is 2. The van der Waals surface area contributed by atoms with Crippen molar-refractivity contribution < 1.29 is 23.8 Å². The Morgan fingerprint density at radius 2 is 2.21 bits per heavy atom. The number of carboxylic acids is 1. The average molecular weight is 269 g/mol. The van der Waals surface area contributed by atoms with Crippen LogP contribution in [0.25, 0.3) is 0 Å². The Hall–Kier alpha value is -2.11. The molecule has 0 heterocycles. The van der Waals surface area contributed by atoms with Gasteiger partial charge in [0.15, 0.2) is 6.61 Å². The van der Waals surface area contributed by atoms with E-state index in [1.807, 2.05) is 6.92 Å². The first-order valence-electron chi connectivity index (χ1n) is 5.93. The van der Waals surface area contributed by atoms with Crippen LogP contribution in [-0.4, -0.2) is 29.6 Å². The second-order valence-corrected chi connectivity index (χ2v) is 3.99. The third-order valence-corrected chi connectivity index (χ3v) is 2.38. The van der Waals surface area contributed by atoms with Crippen LogP contribution in [0.5, 0.6) is 5.75 Å². The van der Waals surface area contributed by atoms with Gasteiger partial charge in [0.25, 0.3) is 5.91 Å². The molecule has 5 nitrogen and oxygen atoms in total. The number of benzene rings is 1. The van der Waals surface area contributed by atoms with Gasteiger partial charge in [0.2, 0.25) is 0 Å². The number of nitrogens with one attached hydrogen (secondary N) is 1. The maximum atomic E-state index is 12.8. The zero-order valence-corrected chi connectivity index (χ0v) is 10.6. The molecule has 0 radical (unpaired) electrons. The molecule has 0 aliphatic rings. The molecule has 0 aliphatic carbocycles. The van der Waals surface area contributed by atoms with Gasteiger partial charge in [0.1, 0.15) is 17.6 Å². The molecule has 0 saturated heterocycles. The van der Waals surface area contributed by atoms with Gasteiger partial charge in [-0.1, -0.05) is 19.4 Å². The Labute approximate surface area is 110 Å². The normalized spacial score (nSPS) is 11.7. The van der Waals surface area contributed by atoms with Gasteiger partial charge < -0.3 is 15.2 Å². The van der Waals surface area contributed by atoms with Crippen LogP contribution in [0.3, 0.4) is 0 Å². The fraction of sp³-hybridized carbons (Fsp3) is 0.385. The van der Waals surface area contributed by atoms with Crippen LogP contribution >= 0.6 is 0 Å². The number of hydrogen-bond acceptors (Lipinski definition) is 3. The molecular weight excluding hydrogens is 253 g/mol. The molecule has 0 aromatic heterocycles.